The van der Waals surface area contributed by atoms with E-state index in [-0.39, 0.29) is 16.3 Å². The number of aliphatic carboxylic acids is 1. The minimum Gasteiger partial charge on any atom is -0.496 e. The maximum atomic E-state index is 14.5. The molecule has 0 unspecified atom stereocenters. The molecule has 41 heavy (non-hydrogen) atoms. The number of amides is 1. The number of carboxylic acids is 1. The van der Waals surface area contributed by atoms with Crippen LogP contribution < -0.4 is 10.1 Å². The number of nitrogens with zero attached hydrogens (tertiary/aromatic N) is 1. The first-order chi connectivity index (χ1) is 19.8. The Morgan fingerprint density at radius 3 is 2.59 bits per heavy atom. The van der Waals surface area contributed by atoms with Crippen LogP contribution in [0.1, 0.15) is 73.4 Å². The molecular formula is C31H34F2N2O5S. The Morgan fingerprint density at radius 1 is 1.17 bits per heavy atom. The van der Waals surface area contributed by atoms with E-state index >= 15 is 0 Å². The van der Waals surface area contributed by atoms with Gasteiger partial charge in [0.25, 0.3) is 5.91 Å². The van der Waals surface area contributed by atoms with Gasteiger partial charge in [-0.2, -0.15) is 0 Å². The van der Waals surface area contributed by atoms with Crippen LogP contribution in [0.2, 0.25) is 0 Å². The summed E-state index contributed by atoms with van der Waals surface area (Å²) in [6.07, 6.45) is 9.83. The molecule has 1 amide bonds. The molecule has 3 aromatic rings. The fraction of sp³-hybridized carbons (Fsp3) is 0.387. The van der Waals surface area contributed by atoms with Crippen LogP contribution in [-0.4, -0.2) is 35.7 Å². The summed E-state index contributed by atoms with van der Waals surface area (Å²) in [7, 11) is 1.58. The lowest BCUT2D eigenvalue weighted by Crippen LogP contribution is -2.13. The molecule has 7 nitrogen and oxygen atoms in total. The van der Waals surface area contributed by atoms with Gasteiger partial charge in [0.2, 0.25) is 0 Å². The number of rotatable bonds is 12. The molecule has 1 aliphatic rings. The molecule has 0 bridgehead atoms. The molecule has 0 spiro atoms. The summed E-state index contributed by atoms with van der Waals surface area (Å²) < 4.78 is 40.7. The average Bonchev–Trinajstić information content (AvgIpc) is 3.43. The lowest BCUT2D eigenvalue weighted by atomic mass is 9.86. The lowest BCUT2D eigenvalue weighted by molar-refractivity contribution is -0.132. The summed E-state index contributed by atoms with van der Waals surface area (Å²) in [5.41, 5.74) is 1.16. The minimum atomic E-state index is -1.30. The molecule has 218 valence electrons. The SMILES string of the molecule is COc1c(COCCCC2CCCCC2)cccc1-c1csc(NC(=O)c2cc(F)c(/C=C(\C)C(=O)O)c(F)c2)n1. The highest BCUT2D eigenvalue weighted by atomic mass is 32.1. The van der Waals surface area contributed by atoms with Gasteiger partial charge < -0.3 is 14.6 Å². The highest BCUT2D eigenvalue weighted by Crippen LogP contribution is 2.35. The van der Waals surface area contributed by atoms with E-state index in [1.807, 2.05) is 18.2 Å². The van der Waals surface area contributed by atoms with Crippen molar-refractivity contribution in [3.8, 4) is 17.0 Å². The lowest BCUT2D eigenvalue weighted by Gasteiger charge is -2.21. The van der Waals surface area contributed by atoms with E-state index in [0.29, 0.717) is 24.7 Å². The van der Waals surface area contributed by atoms with Crippen LogP contribution in [0.15, 0.2) is 41.3 Å². The Bertz CT molecular complexity index is 1390. The van der Waals surface area contributed by atoms with Gasteiger partial charge in [-0.15, -0.1) is 11.3 Å². The molecule has 1 fully saturated rings. The van der Waals surface area contributed by atoms with Gasteiger partial charge in [0.05, 0.1) is 19.4 Å². The number of aromatic nitrogens is 1. The number of carbonyl (C=O) groups is 2. The number of hydrogen-bond donors (Lipinski definition) is 2. The Hall–Kier alpha value is -3.63. The number of thiazole rings is 1. The molecule has 10 heteroatoms. The second-order valence-corrected chi connectivity index (χ2v) is 11.0. The molecule has 2 N–H and O–H groups in total. The second kappa shape index (κ2) is 14.3. The smallest absolute Gasteiger partial charge is 0.331 e. The highest BCUT2D eigenvalue weighted by Gasteiger charge is 2.19. The zero-order chi connectivity index (χ0) is 29.4. The maximum Gasteiger partial charge on any atom is 0.331 e. The van der Waals surface area contributed by atoms with Gasteiger partial charge in [-0.25, -0.2) is 18.6 Å². The Labute approximate surface area is 242 Å². The van der Waals surface area contributed by atoms with Crippen LogP contribution in [0.3, 0.4) is 0 Å². The number of halogens is 2. The van der Waals surface area contributed by atoms with Gasteiger partial charge in [-0.1, -0.05) is 44.2 Å². The van der Waals surface area contributed by atoms with Crippen LogP contribution in [0.5, 0.6) is 5.75 Å². The Morgan fingerprint density at radius 2 is 1.90 bits per heavy atom. The average molecular weight is 585 g/mol. The largest absolute Gasteiger partial charge is 0.496 e. The van der Waals surface area contributed by atoms with Crippen LogP contribution in [-0.2, 0) is 16.1 Å². The standard InChI is InChI=1S/C31H34F2N2O5S/c1-19(30(37)38)14-24-25(32)15-22(16-26(24)33)29(36)35-31-34-27(18-41-31)23-12-6-11-21(28(23)39-2)17-40-13-7-10-20-8-4-3-5-9-20/h6,11-12,14-16,18,20H,3-5,7-10,13,17H2,1-2H3,(H,37,38)(H,34,35,36)/b19-14+. The number of nitrogens with one attached hydrogen (secondary N) is 1. The van der Waals surface area contributed by atoms with E-state index in [0.717, 1.165) is 53.0 Å². The zero-order valence-electron chi connectivity index (χ0n) is 23.2. The zero-order valence-corrected chi connectivity index (χ0v) is 24.0. The molecule has 0 radical (unpaired) electrons. The molecule has 1 aliphatic carbocycles. The van der Waals surface area contributed by atoms with Crippen molar-refractivity contribution in [3.05, 3.63) is 69.6 Å². The summed E-state index contributed by atoms with van der Waals surface area (Å²) in [5.74, 6) is -2.69. The topological polar surface area (TPSA) is 97.8 Å². The Kier molecular flexibility index (Phi) is 10.6. The number of para-hydroxylation sites is 1. The number of anilines is 1. The molecule has 1 heterocycles. The van der Waals surface area contributed by atoms with Crippen LogP contribution >= 0.6 is 11.3 Å². The van der Waals surface area contributed by atoms with E-state index in [9.17, 15) is 18.4 Å². The molecule has 0 aliphatic heterocycles. The van der Waals surface area contributed by atoms with Crippen molar-refractivity contribution in [1.82, 2.24) is 4.98 Å². The molecule has 1 saturated carbocycles. The second-order valence-electron chi connectivity index (χ2n) is 10.2. The first kappa shape index (κ1) is 30.3. The summed E-state index contributed by atoms with van der Waals surface area (Å²) in [6, 6.07) is 7.41. The molecule has 0 saturated heterocycles. The third-order valence-corrected chi connectivity index (χ3v) is 7.98. The van der Waals surface area contributed by atoms with E-state index in [4.69, 9.17) is 14.6 Å². The number of carbonyl (C=O) groups excluding carboxylic acids is 1. The van der Waals surface area contributed by atoms with Crippen molar-refractivity contribution in [2.75, 3.05) is 19.0 Å². The fourth-order valence-corrected chi connectivity index (χ4v) is 5.73. The van der Waals surface area contributed by atoms with Crippen LogP contribution in [0.25, 0.3) is 17.3 Å². The quantitative estimate of drug-likeness (QED) is 0.167. The predicted octanol–water partition coefficient (Wildman–Crippen LogP) is 7.71. The van der Waals surface area contributed by atoms with Crippen molar-refractivity contribution in [2.24, 2.45) is 5.92 Å². The van der Waals surface area contributed by atoms with Crippen molar-refractivity contribution >= 4 is 34.4 Å². The van der Waals surface area contributed by atoms with Gasteiger partial charge in [-0.05, 0) is 50.0 Å². The number of ether oxygens (including phenoxy) is 2. The summed E-state index contributed by atoms with van der Waals surface area (Å²) in [6.45, 7) is 2.32. The van der Waals surface area contributed by atoms with E-state index in [2.05, 4.69) is 10.3 Å². The molecular weight excluding hydrogens is 550 g/mol. The monoisotopic (exact) mass is 584 g/mol. The highest BCUT2D eigenvalue weighted by molar-refractivity contribution is 7.14. The third kappa shape index (κ3) is 7.98. The predicted molar refractivity (Wildman–Crippen MR) is 155 cm³/mol. The number of methoxy groups -OCH3 is 1. The Balaban J connectivity index is 1.40. The number of hydrogen-bond acceptors (Lipinski definition) is 6. The van der Waals surface area contributed by atoms with Crippen molar-refractivity contribution in [3.63, 3.8) is 0 Å². The maximum absolute atomic E-state index is 14.5. The van der Waals surface area contributed by atoms with Gasteiger partial charge in [0.15, 0.2) is 5.13 Å². The van der Waals surface area contributed by atoms with Crippen LogP contribution in [0, 0.1) is 17.6 Å². The van der Waals surface area contributed by atoms with Gasteiger partial charge in [-0.3, -0.25) is 10.1 Å². The van der Waals surface area contributed by atoms with Gasteiger partial charge >= 0.3 is 5.97 Å². The normalized spacial score (nSPS) is 14.2. The van der Waals surface area contributed by atoms with E-state index < -0.39 is 29.1 Å². The minimum absolute atomic E-state index is 0.239. The molecule has 4 rings (SSSR count). The number of carboxylic acid groups (broad SMARTS) is 1. The molecule has 0 atom stereocenters. The van der Waals surface area contributed by atoms with Gasteiger partial charge in [0.1, 0.15) is 17.4 Å². The molecule has 1 aromatic heterocycles. The summed E-state index contributed by atoms with van der Waals surface area (Å²) in [5, 5.41) is 13.5. The van der Waals surface area contributed by atoms with E-state index in [1.54, 1.807) is 12.5 Å². The third-order valence-electron chi connectivity index (χ3n) is 7.22. The van der Waals surface area contributed by atoms with Gasteiger partial charge in [0, 0.05) is 39.8 Å². The first-order valence-electron chi connectivity index (χ1n) is 13.7. The summed E-state index contributed by atoms with van der Waals surface area (Å²) in [4.78, 5) is 28.2. The fourth-order valence-electron chi connectivity index (χ4n) is 5.03. The molecule has 2 aromatic carbocycles. The number of benzene rings is 2. The summed E-state index contributed by atoms with van der Waals surface area (Å²) >= 11 is 1.16. The van der Waals surface area contributed by atoms with E-state index in [1.165, 1.54) is 45.4 Å². The first-order valence-corrected chi connectivity index (χ1v) is 14.6. The van der Waals surface area contributed by atoms with Crippen molar-refractivity contribution in [2.45, 2.75) is 58.5 Å². The van der Waals surface area contributed by atoms with Crippen molar-refractivity contribution in [1.29, 1.82) is 0 Å². The van der Waals surface area contributed by atoms with Crippen molar-refractivity contribution < 1.29 is 33.0 Å². The van der Waals surface area contributed by atoms with Crippen LogP contribution in [0.4, 0.5) is 13.9 Å².